The van der Waals surface area contributed by atoms with Crippen molar-refractivity contribution < 1.29 is 0 Å². The van der Waals surface area contributed by atoms with E-state index in [0.717, 1.165) is 21.2 Å². The highest BCUT2D eigenvalue weighted by molar-refractivity contribution is 9.12. The maximum Gasteiger partial charge on any atom is 0.0252 e. The van der Waals surface area contributed by atoms with E-state index < -0.39 is 0 Å². The predicted octanol–water partition coefficient (Wildman–Crippen LogP) is 5.95. The number of halogens is 1. The van der Waals surface area contributed by atoms with Gasteiger partial charge in [0.05, 0.1) is 0 Å². The molecule has 0 unspecified atom stereocenters. The standard InChI is InChI=1S/C13H17Br.C2H6/c1-6-7-8-12(11(4)5)13(14)9-10(2)3;1-2/h6-9H,2,4H2,1,3,5H3;1-2H3/b7-6-,12-8+,13-9+;. The van der Waals surface area contributed by atoms with Crippen molar-refractivity contribution in [1.29, 1.82) is 0 Å². The Morgan fingerprint density at radius 3 is 1.94 bits per heavy atom. The van der Waals surface area contributed by atoms with Crippen LogP contribution >= 0.6 is 15.9 Å². The second-order valence-corrected chi connectivity index (χ2v) is 4.08. The molecule has 0 radical (unpaired) electrons. The Bertz CT molecular complexity index is 314. The molecule has 0 N–H and O–H groups in total. The van der Waals surface area contributed by atoms with Crippen molar-refractivity contribution in [2.24, 2.45) is 0 Å². The van der Waals surface area contributed by atoms with Gasteiger partial charge in [-0.3, -0.25) is 0 Å². The largest absolute Gasteiger partial charge is 0.0961 e. The summed E-state index contributed by atoms with van der Waals surface area (Å²) in [6.45, 7) is 17.7. The molecule has 0 aliphatic carbocycles. The molecule has 0 aliphatic rings. The molecule has 0 fully saturated rings. The third-order valence-corrected chi connectivity index (χ3v) is 2.20. The van der Waals surface area contributed by atoms with Crippen molar-refractivity contribution in [3.05, 3.63) is 58.7 Å². The molecule has 16 heavy (non-hydrogen) atoms. The molecule has 0 heterocycles. The molecule has 0 saturated heterocycles. The van der Waals surface area contributed by atoms with Gasteiger partial charge in [0.25, 0.3) is 0 Å². The summed E-state index contributed by atoms with van der Waals surface area (Å²) < 4.78 is 1.02. The van der Waals surface area contributed by atoms with Crippen LogP contribution in [-0.4, -0.2) is 0 Å². The van der Waals surface area contributed by atoms with Crippen LogP contribution < -0.4 is 0 Å². The molecule has 0 amide bonds. The van der Waals surface area contributed by atoms with Crippen LogP contribution in [0.3, 0.4) is 0 Å². The molecule has 0 atom stereocenters. The summed E-state index contributed by atoms with van der Waals surface area (Å²) >= 11 is 3.51. The maximum absolute atomic E-state index is 3.93. The molecule has 0 aromatic carbocycles. The van der Waals surface area contributed by atoms with Crippen molar-refractivity contribution in [1.82, 2.24) is 0 Å². The van der Waals surface area contributed by atoms with Crippen molar-refractivity contribution >= 4 is 15.9 Å². The average Bonchev–Trinajstić information content (AvgIpc) is 2.19. The van der Waals surface area contributed by atoms with Crippen LogP contribution in [0.1, 0.15) is 34.6 Å². The van der Waals surface area contributed by atoms with Gasteiger partial charge in [-0.1, -0.05) is 66.7 Å². The normalized spacial score (nSPS) is 12.1. The van der Waals surface area contributed by atoms with Gasteiger partial charge >= 0.3 is 0 Å². The molecule has 0 spiro atoms. The first-order valence-electron chi connectivity index (χ1n) is 5.51. The molecule has 0 nitrogen and oxygen atoms in total. The van der Waals surface area contributed by atoms with Crippen LogP contribution in [-0.2, 0) is 0 Å². The molecule has 0 aromatic heterocycles. The zero-order valence-corrected chi connectivity index (χ0v) is 12.7. The molecule has 0 saturated carbocycles. The molecular weight excluding hydrogens is 260 g/mol. The summed E-state index contributed by atoms with van der Waals surface area (Å²) in [5.41, 5.74) is 3.16. The third kappa shape index (κ3) is 8.49. The van der Waals surface area contributed by atoms with Crippen molar-refractivity contribution in [3.63, 3.8) is 0 Å². The Balaban J connectivity index is 0. The van der Waals surface area contributed by atoms with Gasteiger partial charge in [0.15, 0.2) is 0 Å². The van der Waals surface area contributed by atoms with Gasteiger partial charge in [-0.25, -0.2) is 0 Å². The van der Waals surface area contributed by atoms with E-state index in [4.69, 9.17) is 0 Å². The number of hydrogen-bond donors (Lipinski definition) is 0. The summed E-state index contributed by atoms with van der Waals surface area (Å²) in [5, 5.41) is 0. The highest BCUT2D eigenvalue weighted by Crippen LogP contribution is 2.24. The molecule has 1 heteroatoms. The number of rotatable bonds is 4. The summed E-state index contributed by atoms with van der Waals surface area (Å²) in [4.78, 5) is 0. The quantitative estimate of drug-likeness (QED) is 0.559. The third-order valence-electron chi connectivity index (χ3n) is 1.55. The Kier molecular flexibility index (Phi) is 11.7. The topological polar surface area (TPSA) is 0 Å². The number of hydrogen-bond acceptors (Lipinski definition) is 0. The lowest BCUT2D eigenvalue weighted by molar-refractivity contribution is 1.42. The minimum Gasteiger partial charge on any atom is -0.0961 e. The van der Waals surface area contributed by atoms with Crippen molar-refractivity contribution in [2.75, 3.05) is 0 Å². The molecule has 0 rings (SSSR count). The highest BCUT2D eigenvalue weighted by atomic mass is 79.9. The zero-order valence-electron chi connectivity index (χ0n) is 11.1. The molecule has 0 aromatic rings. The lowest BCUT2D eigenvalue weighted by Crippen LogP contribution is -1.84. The van der Waals surface area contributed by atoms with Crippen molar-refractivity contribution in [3.8, 4) is 0 Å². The van der Waals surface area contributed by atoms with Gasteiger partial charge in [-0.15, -0.1) is 0 Å². The first-order valence-corrected chi connectivity index (χ1v) is 6.30. The Hall–Kier alpha value is -0.820. The second-order valence-electron chi connectivity index (χ2n) is 3.23. The first-order chi connectivity index (χ1) is 7.49. The zero-order chi connectivity index (χ0) is 13.1. The summed E-state index contributed by atoms with van der Waals surface area (Å²) in [6, 6.07) is 0. The van der Waals surface area contributed by atoms with Gasteiger partial charge in [-0.2, -0.15) is 0 Å². The van der Waals surface area contributed by atoms with Crippen LogP contribution in [0.15, 0.2) is 58.7 Å². The minimum atomic E-state index is 1.02. The van der Waals surface area contributed by atoms with E-state index in [0.29, 0.717) is 0 Å². The SMILES string of the molecule is C=C(C)\C=C(Br)/C(=C/C=C\C)C(=C)C.CC. The van der Waals surface area contributed by atoms with E-state index in [1.54, 1.807) is 0 Å². The fourth-order valence-electron chi connectivity index (χ4n) is 0.912. The van der Waals surface area contributed by atoms with Gasteiger partial charge in [0.2, 0.25) is 0 Å². The average molecular weight is 283 g/mol. The summed E-state index contributed by atoms with van der Waals surface area (Å²) in [7, 11) is 0. The van der Waals surface area contributed by atoms with Crippen LogP contribution in [0, 0.1) is 0 Å². The smallest absolute Gasteiger partial charge is 0.0252 e. The van der Waals surface area contributed by atoms with E-state index in [1.807, 2.05) is 58.9 Å². The lowest BCUT2D eigenvalue weighted by Gasteiger charge is -2.04. The van der Waals surface area contributed by atoms with Crippen LogP contribution in [0.25, 0.3) is 0 Å². The Morgan fingerprint density at radius 1 is 1.12 bits per heavy atom. The van der Waals surface area contributed by atoms with Gasteiger partial charge < -0.3 is 0 Å². The molecular formula is C15H23Br. The summed E-state index contributed by atoms with van der Waals surface area (Å²) in [5.74, 6) is 0. The second kappa shape index (κ2) is 10.7. The monoisotopic (exact) mass is 282 g/mol. The van der Waals surface area contributed by atoms with E-state index >= 15 is 0 Å². The Morgan fingerprint density at radius 2 is 1.62 bits per heavy atom. The van der Waals surface area contributed by atoms with Crippen LogP contribution in [0.4, 0.5) is 0 Å². The van der Waals surface area contributed by atoms with E-state index in [-0.39, 0.29) is 0 Å². The fourth-order valence-corrected chi connectivity index (χ4v) is 1.77. The van der Waals surface area contributed by atoms with Crippen LogP contribution in [0.5, 0.6) is 0 Å². The summed E-state index contributed by atoms with van der Waals surface area (Å²) in [6.07, 6.45) is 8.01. The lowest BCUT2D eigenvalue weighted by atomic mass is 10.1. The number of allylic oxidation sites excluding steroid dienone is 8. The highest BCUT2D eigenvalue weighted by Gasteiger charge is 2.00. The van der Waals surface area contributed by atoms with Gasteiger partial charge in [0, 0.05) is 4.48 Å². The maximum atomic E-state index is 3.93. The van der Waals surface area contributed by atoms with Gasteiger partial charge in [-0.05, 0) is 38.0 Å². The minimum absolute atomic E-state index is 1.02. The van der Waals surface area contributed by atoms with E-state index in [9.17, 15) is 0 Å². The fraction of sp³-hybridized carbons (Fsp3) is 0.333. The molecule has 0 aliphatic heterocycles. The van der Waals surface area contributed by atoms with Crippen molar-refractivity contribution in [2.45, 2.75) is 34.6 Å². The molecule has 0 bridgehead atoms. The van der Waals surface area contributed by atoms with Gasteiger partial charge in [0.1, 0.15) is 0 Å². The van der Waals surface area contributed by atoms with E-state index in [2.05, 4.69) is 29.1 Å². The van der Waals surface area contributed by atoms with Crippen LogP contribution in [0.2, 0.25) is 0 Å². The van der Waals surface area contributed by atoms with E-state index in [1.165, 1.54) is 0 Å². The molecule has 90 valence electrons. The Labute approximate surface area is 109 Å². The predicted molar refractivity (Wildman–Crippen MR) is 80.9 cm³/mol. The first kappa shape index (κ1) is 17.6.